The summed E-state index contributed by atoms with van der Waals surface area (Å²) in [5.41, 5.74) is 2.93. The Hall–Kier alpha value is -0.530. The van der Waals surface area contributed by atoms with Crippen LogP contribution in [-0.4, -0.2) is 11.9 Å². The molecule has 0 heterocycles. The maximum Gasteiger partial charge on any atom is 0.0465 e. The minimum absolute atomic E-state index is 0.208. The van der Waals surface area contributed by atoms with Gasteiger partial charge >= 0.3 is 0 Å². The molecule has 1 aromatic rings. The van der Waals surface area contributed by atoms with E-state index in [0.717, 1.165) is 19.5 Å². The summed E-state index contributed by atoms with van der Waals surface area (Å²) in [5.74, 6) is 0. The molecule has 17 heavy (non-hydrogen) atoms. The van der Waals surface area contributed by atoms with E-state index < -0.39 is 0 Å². The summed E-state index contributed by atoms with van der Waals surface area (Å²) in [6.07, 6.45) is 1.04. The number of halogens is 1. The van der Waals surface area contributed by atoms with Gasteiger partial charge in [0, 0.05) is 18.5 Å². The van der Waals surface area contributed by atoms with E-state index in [4.69, 9.17) is 11.6 Å². The second kappa shape index (κ2) is 6.42. The lowest BCUT2D eigenvalue weighted by molar-refractivity contribution is 0.364. The molecule has 1 N–H and O–H groups in total. The van der Waals surface area contributed by atoms with Gasteiger partial charge in [-0.1, -0.05) is 50.6 Å². The number of nitrogens with one attached hydrogen (secondary N) is 1. The Bertz CT molecular complexity index is 341. The lowest BCUT2D eigenvalue weighted by Gasteiger charge is -2.22. The van der Waals surface area contributed by atoms with E-state index in [0.29, 0.717) is 5.41 Å². The van der Waals surface area contributed by atoms with Gasteiger partial charge in [0.15, 0.2) is 0 Å². The number of rotatable bonds is 5. The van der Waals surface area contributed by atoms with Crippen molar-refractivity contribution in [1.82, 2.24) is 5.32 Å². The Labute approximate surface area is 111 Å². The normalized spacial score (nSPS) is 13.7. The molecular formula is C15H24ClN. The van der Waals surface area contributed by atoms with Crippen LogP contribution in [0, 0.1) is 12.3 Å². The molecule has 1 rings (SSSR count). The van der Waals surface area contributed by atoms with Crippen molar-refractivity contribution in [2.75, 3.05) is 6.54 Å². The van der Waals surface area contributed by atoms with Crippen LogP contribution in [0.25, 0.3) is 0 Å². The Morgan fingerprint density at radius 2 is 2.00 bits per heavy atom. The lowest BCUT2D eigenvalue weighted by atomic mass is 9.90. The molecule has 0 aliphatic heterocycles. The van der Waals surface area contributed by atoms with Gasteiger partial charge in [0.05, 0.1) is 0 Å². The summed E-state index contributed by atoms with van der Waals surface area (Å²) in [7, 11) is 0. The second-order valence-electron chi connectivity index (χ2n) is 5.98. The van der Waals surface area contributed by atoms with Gasteiger partial charge in [-0.2, -0.15) is 0 Å². The number of alkyl halides is 1. The van der Waals surface area contributed by atoms with Crippen molar-refractivity contribution in [1.29, 1.82) is 0 Å². The first kappa shape index (κ1) is 14.5. The summed E-state index contributed by atoms with van der Waals surface area (Å²) >= 11 is 6.30. The highest BCUT2D eigenvalue weighted by molar-refractivity contribution is 6.20. The zero-order chi connectivity index (χ0) is 12.9. The molecule has 1 aromatic carbocycles. The van der Waals surface area contributed by atoms with Gasteiger partial charge in [0.25, 0.3) is 0 Å². The van der Waals surface area contributed by atoms with Crippen LogP contribution in [0.1, 0.15) is 38.3 Å². The Morgan fingerprint density at radius 3 is 2.59 bits per heavy atom. The highest BCUT2D eigenvalue weighted by atomic mass is 35.5. The van der Waals surface area contributed by atoms with Crippen molar-refractivity contribution in [3.05, 3.63) is 35.4 Å². The van der Waals surface area contributed by atoms with Crippen molar-refractivity contribution in [2.45, 2.75) is 46.0 Å². The predicted octanol–water partition coefficient (Wildman–Crippen LogP) is 4.13. The fourth-order valence-corrected chi connectivity index (χ4v) is 2.50. The van der Waals surface area contributed by atoms with Crippen molar-refractivity contribution < 1.29 is 0 Å². The SMILES string of the molecule is Cc1cccc(CNCC(Cl)CC(C)(C)C)c1. The minimum atomic E-state index is 0.208. The molecule has 0 bridgehead atoms. The van der Waals surface area contributed by atoms with Gasteiger partial charge in [0.1, 0.15) is 0 Å². The van der Waals surface area contributed by atoms with Gasteiger partial charge < -0.3 is 5.32 Å². The molecule has 0 aliphatic rings. The van der Waals surface area contributed by atoms with E-state index in [1.807, 2.05) is 0 Å². The minimum Gasteiger partial charge on any atom is -0.311 e. The summed E-state index contributed by atoms with van der Waals surface area (Å²) in [5, 5.41) is 3.63. The van der Waals surface area contributed by atoms with Gasteiger partial charge in [0.2, 0.25) is 0 Å². The smallest absolute Gasteiger partial charge is 0.0465 e. The lowest BCUT2D eigenvalue weighted by Crippen LogP contribution is -2.26. The van der Waals surface area contributed by atoms with Crippen LogP contribution in [0.5, 0.6) is 0 Å². The number of hydrogen-bond acceptors (Lipinski definition) is 1. The molecule has 96 valence electrons. The molecule has 0 amide bonds. The fraction of sp³-hybridized carbons (Fsp3) is 0.600. The van der Waals surface area contributed by atoms with E-state index >= 15 is 0 Å². The van der Waals surface area contributed by atoms with E-state index in [1.165, 1.54) is 11.1 Å². The summed E-state index contributed by atoms with van der Waals surface area (Å²) < 4.78 is 0. The van der Waals surface area contributed by atoms with Crippen LogP contribution in [-0.2, 0) is 6.54 Å². The molecule has 0 saturated carbocycles. The van der Waals surface area contributed by atoms with E-state index in [2.05, 4.69) is 57.3 Å². The fourth-order valence-electron chi connectivity index (χ4n) is 1.93. The summed E-state index contributed by atoms with van der Waals surface area (Å²) in [6.45, 7) is 10.6. The third-order valence-electron chi connectivity index (χ3n) is 2.61. The number of hydrogen-bond donors (Lipinski definition) is 1. The van der Waals surface area contributed by atoms with E-state index in [1.54, 1.807) is 0 Å². The first-order valence-corrected chi connectivity index (χ1v) is 6.71. The Morgan fingerprint density at radius 1 is 1.29 bits per heavy atom. The molecular weight excluding hydrogens is 230 g/mol. The maximum atomic E-state index is 6.30. The highest BCUT2D eigenvalue weighted by Gasteiger charge is 2.16. The third-order valence-corrected chi connectivity index (χ3v) is 2.92. The summed E-state index contributed by atoms with van der Waals surface area (Å²) in [6, 6.07) is 8.57. The van der Waals surface area contributed by atoms with Crippen molar-refractivity contribution >= 4 is 11.6 Å². The Balaban J connectivity index is 2.28. The van der Waals surface area contributed by atoms with Crippen LogP contribution < -0.4 is 5.32 Å². The quantitative estimate of drug-likeness (QED) is 0.779. The van der Waals surface area contributed by atoms with Gasteiger partial charge in [-0.3, -0.25) is 0 Å². The van der Waals surface area contributed by atoms with Crippen LogP contribution in [0.15, 0.2) is 24.3 Å². The van der Waals surface area contributed by atoms with Crippen molar-refractivity contribution in [3.8, 4) is 0 Å². The van der Waals surface area contributed by atoms with Crippen LogP contribution in [0.3, 0.4) is 0 Å². The highest BCUT2D eigenvalue weighted by Crippen LogP contribution is 2.23. The molecule has 0 spiro atoms. The van der Waals surface area contributed by atoms with Crippen molar-refractivity contribution in [3.63, 3.8) is 0 Å². The van der Waals surface area contributed by atoms with Gasteiger partial charge in [-0.05, 0) is 24.3 Å². The predicted molar refractivity (Wildman–Crippen MR) is 76.6 cm³/mol. The van der Waals surface area contributed by atoms with E-state index in [9.17, 15) is 0 Å². The first-order chi connectivity index (χ1) is 7.87. The molecule has 2 heteroatoms. The van der Waals surface area contributed by atoms with Crippen LogP contribution >= 0.6 is 11.6 Å². The second-order valence-corrected chi connectivity index (χ2v) is 6.60. The standard InChI is InChI=1S/C15H24ClN/c1-12-6-5-7-13(8-12)10-17-11-14(16)9-15(2,3)4/h5-8,14,17H,9-11H2,1-4H3. The molecule has 1 nitrogen and oxygen atoms in total. The van der Waals surface area contributed by atoms with Gasteiger partial charge in [-0.15, -0.1) is 11.6 Å². The van der Waals surface area contributed by atoms with Crippen LogP contribution in [0.2, 0.25) is 0 Å². The summed E-state index contributed by atoms with van der Waals surface area (Å²) in [4.78, 5) is 0. The van der Waals surface area contributed by atoms with Crippen molar-refractivity contribution in [2.24, 2.45) is 5.41 Å². The molecule has 0 saturated heterocycles. The topological polar surface area (TPSA) is 12.0 Å². The Kier molecular flexibility index (Phi) is 5.48. The number of aryl methyl sites for hydroxylation is 1. The molecule has 0 aliphatic carbocycles. The molecule has 0 aromatic heterocycles. The largest absolute Gasteiger partial charge is 0.311 e. The molecule has 1 unspecified atom stereocenters. The molecule has 1 atom stereocenters. The molecule has 0 fully saturated rings. The number of benzene rings is 1. The van der Waals surface area contributed by atoms with Crippen LogP contribution in [0.4, 0.5) is 0 Å². The zero-order valence-corrected chi connectivity index (χ0v) is 12.1. The average molecular weight is 254 g/mol. The third kappa shape index (κ3) is 6.70. The monoisotopic (exact) mass is 253 g/mol. The average Bonchev–Trinajstić information content (AvgIpc) is 2.14. The van der Waals surface area contributed by atoms with Gasteiger partial charge in [-0.25, -0.2) is 0 Å². The maximum absolute atomic E-state index is 6.30. The van der Waals surface area contributed by atoms with E-state index in [-0.39, 0.29) is 5.38 Å². The zero-order valence-electron chi connectivity index (χ0n) is 11.4. The molecule has 0 radical (unpaired) electrons. The first-order valence-electron chi connectivity index (χ1n) is 6.27.